The van der Waals surface area contributed by atoms with Gasteiger partial charge in [-0.1, -0.05) is 22.0 Å². The lowest BCUT2D eigenvalue weighted by molar-refractivity contribution is 0.179. The molecule has 0 saturated heterocycles. The highest BCUT2D eigenvalue weighted by atomic mass is 79.9. The molecule has 1 atom stereocenters. The number of aliphatic hydroxyl groups is 1. The summed E-state index contributed by atoms with van der Waals surface area (Å²) in [7, 11) is 0. The molecular weight excluding hydrogens is 246 g/mol. The van der Waals surface area contributed by atoms with Crippen LogP contribution in [-0.4, -0.2) is 18.3 Å². The van der Waals surface area contributed by atoms with Gasteiger partial charge in [-0.3, -0.25) is 0 Å². The zero-order valence-electron chi connectivity index (χ0n) is 8.03. The van der Waals surface area contributed by atoms with E-state index in [0.717, 1.165) is 10.0 Å². The summed E-state index contributed by atoms with van der Waals surface area (Å²) >= 11 is 3.36. The number of nitrogens with two attached hydrogens (primary N) is 1. The second-order valence-corrected chi connectivity index (χ2v) is 3.69. The Balaban J connectivity index is 3.08. The molecule has 0 aliphatic heterocycles. The molecule has 1 rings (SSSR count). The van der Waals surface area contributed by atoms with Crippen LogP contribution in [0.1, 0.15) is 18.6 Å². The largest absolute Gasteiger partial charge is 0.493 e. The van der Waals surface area contributed by atoms with Crippen molar-refractivity contribution in [1.29, 1.82) is 0 Å². The zero-order chi connectivity index (χ0) is 10.6. The summed E-state index contributed by atoms with van der Waals surface area (Å²) in [5, 5.41) is 9.68. The van der Waals surface area contributed by atoms with E-state index < -0.39 is 6.10 Å². The molecule has 1 aromatic carbocycles. The first kappa shape index (κ1) is 11.5. The maximum Gasteiger partial charge on any atom is 0.126 e. The van der Waals surface area contributed by atoms with E-state index in [1.54, 1.807) is 0 Å². The average Bonchev–Trinajstić information content (AvgIpc) is 2.18. The van der Waals surface area contributed by atoms with Crippen molar-refractivity contribution in [3.63, 3.8) is 0 Å². The number of ether oxygens (including phenoxy) is 1. The number of rotatable bonds is 4. The van der Waals surface area contributed by atoms with Gasteiger partial charge in [0, 0.05) is 16.6 Å². The number of hydrogen-bond donors (Lipinski definition) is 2. The number of hydrogen-bond acceptors (Lipinski definition) is 3. The first-order valence-corrected chi connectivity index (χ1v) is 5.29. The third kappa shape index (κ3) is 2.47. The van der Waals surface area contributed by atoms with E-state index in [-0.39, 0.29) is 6.54 Å². The van der Waals surface area contributed by atoms with Gasteiger partial charge in [0.25, 0.3) is 0 Å². The molecule has 0 saturated carbocycles. The Hall–Kier alpha value is -0.580. The van der Waals surface area contributed by atoms with Gasteiger partial charge in [0.15, 0.2) is 0 Å². The van der Waals surface area contributed by atoms with Gasteiger partial charge < -0.3 is 15.6 Å². The molecule has 0 fully saturated rings. The summed E-state index contributed by atoms with van der Waals surface area (Å²) in [6.45, 7) is 2.66. The highest BCUT2D eigenvalue weighted by molar-refractivity contribution is 9.10. The minimum Gasteiger partial charge on any atom is -0.493 e. The summed E-state index contributed by atoms with van der Waals surface area (Å²) in [5.41, 5.74) is 6.13. The van der Waals surface area contributed by atoms with Crippen molar-refractivity contribution in [2.24, 2.45) is 5.73 Å². The molecule has 3 N–H and O–H groups in total. The molecule has 0 aliphatic carbocycles. The monoisotopic (exact) mass is 259 g/mol. The van der Waals surface area contributed by atoms with Crippen LogP contribution in [-0.2, 0) is 0 Å². The van der Waals surface area contributed by atoms with Crippen LogP contribution in [0.4, 0.5) is 0 Å². The van der Waals surface area contributed by atoms with Gasteiger partial charge in [-0.25, -0.2) is 0 Å². The molecule has 0 aromatic heterocycles. The molecule has 0 amide bonds. The van der Waals surface area contributed by atoms with Crippen molar-refractivity contribution in [2.75, 3.05) is 13.2 Å². The number of benzene rings is 1. The minimum atomic E-state index is -0.688. The Morgan fingerprint density at radius 2 is 2.29 bits per heavy atom. The van der Waals surface area contributed by atoms with E-state index in [9.17, 15) is 5.11 Å². The third-order valence-electron chi connectivity index (χ3n) is 1.87. The molecule has 1 aromatic rings. The fraction of sp³-hybridized carbons (Fsp3) is 0.400. The average molecular weight is 260 g/mol. The van der Waals surface area contributed by atoms with Gasteiger partial charge in [-0.05, 0) is 19.1 Å². The molecule has 4 heteroatoms. The third-order valence-corrected chi connectivity index (χ3v) is 2.56. The zero-order valence-corrected chi connectivity index (χ0v) is 9.62. The minimum absolute atomic E-state index is 0.183. The molecule has 0 spiro atoms. The molecule has 0 radical (unpaired) electrons. The van der Waals surface area contributed by atoms with Crippen LogP contribution in [0.25, 0.3) is 0 Å². The van der Waals surface area contributed by atoms with Gasteiger partial charge in [-0.15, -0.1) is 0 Å². The highest BCUT2D eigenvalue weighted by Crippen LogP contribution is 2.31. The van der Waals surface area contributed by atoms with Crippen LogP contribution >= 0.6 is 15.9 Å². The van der Waals surface area contributed by atoms with Crippen molar-refractivity contribution in [3.8, 4) is 5.75 Å². The summed E-state index contributed by atoms with van der Waals surface area (Å²) < 4.78 is 6.22. The number of halogens is 1. The SMILES string of the molecule is CCOc1cccc(Br)c1C(O)CN. The Kier molecular flexibility index (Phi) is 4.38. The molecule has 0 heterocycles. The van der Waals surface area contributed by atoms with E-state index in [0.29, 0.717) is 12.4 Å². The lowest BCUT2D eigenvalue weighted by Gasteiger charge is -2.15. The molecule has 0 bridgehead atoms. The quantitative estimate of drug-likeness (QED) is 0.868. The Bertz CT molecular complexity index is 304. The summed E-state index contributed by atoms with van der Waals surface area (Å²) in [5.74, 6) is 0.680. The maximum absolute atomic E-state index is 9.68. The van der Waals surface area contributed by atoms with Crippen molar-refractivity contribution in [3.05, 3.63) is 28.2 Å². The predicted molar refractivity (Wildman–Crippen MR) is 59.3 cm³/mol. The highest BCUT2D eigenvalue weighted by Gasteiger charge is 2.15. The smallest absolute Gasteiger partial charge is 0.126 e. The van der Waals surface area contributed by atoms with Crippen LogP contribution in [0.2, 0.25) is 0 Å². The Morgan fingerprint density at radius 3 is 2.86 bits per heavy atom. The fourth-order valence-corrected chi connectivity index (χ4v) is 1.85. The molecule has 1 unspecified atom stereocenters. The van der Waals surface area contributed by atoms with Gasteiger partial charge in [0.1, 0.15) is 5.75 Å². The predicted octanol–water partition coefficient (Wildman–Crippen LogP) is 1.84. The van der Waals surface area contributed by atoms with Crippen LogP contribution in [0, 0.1) is 0 Å². The molecule has 0 aliphatic rings. The van der Waals surface area contributed by atoms with Crippen molar-refractivity contribution in [2.45, 2.75) is 13.0 Å². The normalized spacial score (nSPS) is 12.6. The van der Waals surface area contributed by atoms with E-state index >= 15 is 0 Å². The van der Waals surface area contributed by atoms with Crippen LogP contribution in [0.15, 0.2) is 22.7 Å². The van der Waals surface area contributed by atoms with Crippen molar-refractivity contribution in [1.82, 2.24) is 0 Å². The van der Waals surface area contributed by atoms with E-state index in [1.165, 1.54) is 0 Å². The fourth-order valence-electron chi connectivity index (χ4n) is 1.24. The first-order valence-electron chi connectivity index (χ1n) is 4.50. The summed E-state index contributed by atoms with van der Waals surface area (Å²) in [6, 6.07) is 5.54. The van der Waals surface area contributed by atoms with E-state index in [1.807, 2.05) is 25.1 Å². The summed E-state index contributed by atoms with van der Waals surface area (Å²) in [6.07, 6.45) is -0.688. The Morgan fingerprint density at radius 1 is 1.57 bits per heavy atom. The second-order valence-electron chi connectivity index (χ2n) is 2.84. The second kappa shape index (κ2) is 5.34. The topological polar surface area (TPSA) is 55.5 Å². The first-order chi connectivity index (χ1) is 6.70. The molecule has 3 nitrogen and oxygen atoms in total. The van der Waals surface area contributed by atoms with Crippen LogP contribution in [0.5, 0.6) is 5.75 Å². The van der Waals surface area contributed by atoms with Crippen molar-refractivity contribution >= 4 is 15.9 Å². The van der Waals surface area contributed by atoms with Gasteiger partial charge >= 0.3 is 0 Å². The molecular formula is C10H14BrNO2. The lowest BCUT2D eigenvalue weighted by atomic mass is 10.1. The van der Waals surface area contributed by atoms with Crippen molar-refractivity contribution < 1.29 is 9.84 Å². The molecule has 14 heavy (non-hydrogen) atoms. The number of aliphatic hydroxyl groups excluding tert-OH is 1. The maximum atomic E-state index is 9.68. The Labute approximate surface area is 92.0 Å². The van der Waals surface area contributed by atoms with Crippen LogP contribution < -0.4 is 10.5 Å². The molecule has 78 valence electrons. The standard InChI is InChI=1S/C10H14BrNO2/c1-2-14-9-5-3-4-7(11)10(9)8(13)6-12/h3-5,8,13H,2,6,12H2,1H3. The van der Waals surface area contributed by atoms with E-state index in [2.05, 4.69) is 15.9 Å². The van der Waals surface area contributed by atoms with Crippen LogP contribution in [0.3, 0.4) is 0 Å². The van der Waals surface area contributed by atoms with Gasteiger partial charge in [-0.2, -0.15) is 0 Å². The van der Waals surface area contributed by atoms with E-state index in [4.69, 9.17) is 10.5 Å². The summed E-state index contributed by atoms with van der Waals surface area (Å²) in [4.78, 5) is 0. The van der Waals surface area contributed by atoms with Gasteiger partial charge in [0.05, 0.1) is 12.7 Å². The van der Waals surface area contributed by atoms with Gasteiger partial charge in [0.2, 0.25) is 0 Å². The lowest BCUT2D eigenvalue weighted by Crippen LogP contribution is -2.13.